The molecule has 1 aromatic heterocycles. The number of nitrogens with one attached hydrogen (secondary N) is 1. The summed E-state index contributed by atoms with van der Waals surface area (Å²) in [6.07, 6.45) is -3.18. The molecule has 0 aliphatic rings. The summed E-state index contributed by atoms with van der Waals surface area (Å²) in [6.45, 7) is -1.81. The van der Waals surface area contributed by atoms with Gasteiger partial charge in [0, 0.05) is 18.3 Å². The number of pyridine rings is 1. The summed E-state index contributed by atoms with van der Waals surface area (Å²) in [5.74, 6) is -0.257. The summed E-state index contributed by atoms with van der Waals surface area (Å²) in [5.41, 5.74) is 0.772. The molecular formula is C17H14F3N3O3. The van der Waals surface area contributed by atoms with Crippen LogP contribution in [0, 0.1) is 11.3 Å². The van der Waals surface area contributed by atoms with Crippen molar-refractivity contribution in [3.05, 3.63) is 53.7 Å². The van der Waals surface area contributed by atoms with Crippen LogP contribution in [0.15, 0.2) is 42.6 Å². The first-order valence-corrected chi connectivity index (χ1v) is 7.40. The van der Waals surface area contributed by atoms with E-state index >= 15 is 0 Å². The Morgan fingerprint density at radius 2 is 1.92 bits per heavy atom. The molecule has 0 spiro atoms. The van der Waals surface area contributed by atoms with Crippen molar-refractivity contribution in [2.24, 2.45) is 0 Å². The minimum absolute atomic E-state index is 0.0589. The van der Waals surface area contributed by atoms with Crippen LogP contribution in [0.2, 0.25) is 0 Å². The number of benzene rings is 1. The quantitative estimate of drug-likeness (QED) is 0.815. The van der Waals surface area contributed by atoms with Crippen LogP contribution in [-0.4, -0.2) is 30.3 Å². The predicted octanol–water partition coefficient (Wildman–Crippen LogP) is 2.59. The molecule has 0 radical (unpaired) electrons. The zero-order valence-corrected chi connectivity index (χ0v) is 13.4. The molecule has 6 nitrogen and oxygen atoms in total. The Kier molecular flexibility index (Phi) is 6.38. The number of carbonyl (C=O) groups excluding carboxylic acids is 1. The van der Waals surface area contributed by atoms with Crippen LogP contribution in [0.5, 0.6) is 11.6 Å². The van der Waals surface area contributed by atoms with Crippen molar-refractivity contribution in [2.45, 2.75) is 12.7 Å². The highest BCUT2D eigenvalue weighted by Gasteiger charge is 2.29. The van der Waals surface area contributed by atoms with Gasteiger partial charge in [-0.05, 0) is 30.3 Å². The van der Waals surface area contributed by atoms with E-state index in [-0.39, 0.29) is 19.0 Å². The lowest BCUT2D eigenvalue weighted by Gasteiger charge is -2.12. The van der Waals surface area contributed by atoms with E-state index in [1.165, 1.54) is 18.3 Å². The third-order valence-electron chi connectivity index (χ3n) is 3.05. The molecule has 0 aliphatic heterocycles. The van der Waals surface area contributed by atoms with Crippen LogP contribution in [0.3, 0.4) is 0 Å². The lowest BCUT2D eigenvalue weighted by molar-refractivity contribution is -0.154. The molecule has 0 fully saturated rings. The fourth-order valence-electron chi connectivity index (χ4n) is 1.86. The minimum Gasteiger partial charge on any atom is -0.484 e. The molecule has 0 saturated heterocycles. The summed E-state index contributed by atoms with van der Waals surface area (Å²) >= 11 is 0. The zero-order chi connectivity index (χ0) is 19.0. The molecule has 0 aliphatic carbocycles. The first-order valence-electron chi connectivity index (χ1n) is 7.40. The Morgan fingerprint density at radius 3 is 2.58 bits per heavy atom. The summed E-state index contributed by atoms with van der Waals surface area (Å²) in [7, 11) is 0. The van der Waals surface area contributed by atoms with Gasteiger partial charge in [0.2, 0.25) is 5.88 Å². The fraction of sp³-hybridized carbons (Fsp3) is 0.235. The van der Waals surface area contributed by atoms with E-state index in [1.807, 2.05) is 6.07 Å². The number of carbonyl (C=O) groups is 1. The smallest absolute Gasteiger partial charge is 0.422 e. The first-order chi connectivity index (χ1) is 12.4. The normalized spacial score (nSPS) is 10.7. The number of ether oxygens (including phenoxy) is 2. The first kappa shape index (κ1) is 19.1. The Hall–Kier alpha value is -3.28. The van der Waals surface area contributed by atoms with E-state index in [0.29, 0.717) is 16.9 Å². The highest BCUT2D eigenvalue weighted by atomic mass is 19.4. The number of hydrogen-bond acceptors (Lipinski definition) is 5. The van der Waals surface area contributed by atoms with Gasteiger partial charge in [-0.25, -0.2) is 4.98 Å². The zero-order valence-electron chi connectivity index (χ0n) is 13.4. The standard InChI is InChI=1S/C17H14F3N3O3/c18-17(19,20)11-26-16-13(2-1-7-22-16)9-23-15(24)10-25-14-5-3-12(8-21)4-6-14/h1-7H,9-11H2,(H,23,24). The molecule has 9 heteroatoms. The van der Waals surface area contributed by atoms with E-state index in [4.69, 9.17) is 10.00 Å². The number of nitrogens with zero attached hydrogens (tertiary/aromatic N) is 2. The molecule has 26 heavy (non-hydrogen) atoms. The molecule has 0 saturated carbocycles. The number of halogens is 3. The predicted molar refractivity (Wildman–Crippen MR) is 84.3 cm³/mol. The summed E-state index contributed by atoms with van der Waals surface area (Å²) in [5, 5.41) is 11.2. The van der Waals surface area contributed by atoms with Gasteiger partial charge in [-0.2, -0.15) is 18.4 Å². The number of aromatic nitrogens is 1. The summed E-state index contributed by atoms with van der Waals surface area (Å²) in [4.78, 5) is 15.6. The second-order valence-electron chi connectivity index (χ2n) is 5.07. The average Bonchev–Trinajstić information content (AvgIpc) is 2.63. The summed E-state index contributed by atoms with van der Waals surface area (Å²) < 4.78 is 46.6. The van der Waals surface area contributed by atoms with Crippen LogP contribution in [0.1, 0.15) is 11.1 Å². The topological polar surface area (TPSA) is 84.2 Å². The molecule has 0 bridgehead atoms. The summed E-state index contributed by atoms with van der Waals surface area (Å²) in [6, 6.07) is 11.2. The van der Waals surface area contributed by atoms with Crippen LogP contribution in [0.4, 0.5) is 13.2 Å². The molecule has 1 aromatic carbocycles. The van der Waals surface area contributed by atoms with Crippen molar-refractivity contribution in [2.75, 3.05) is 13.2 Å². The Morgan fingerprint density at radius 1 is 1.19 bits per heavy atom. The lowest BCUT2D eigenvalue weighted by Crippen LogP contribution is -2.29. The van der Waals surface area contributed by atoms with Crippen molar-refractivity contribution >= 4 is 5.91 Å². The van der Waals surface area contributed by atoms with Gasteiger partial charge in [0.15, 0.2) is 13.2 Å². The van der Waals surface area contributed by atoms with Crippen molar-refractivity contribution in [3.8, 4) is 17.7 Å². The largest absolute Gasteiger partial charge is 0.484 e. The van der Waals surface area contributed by atoms with E-state index in [1.54, 1.807) is 24.3 Å². The third kappa shape index (κ3) is 6.32. The molecule has 136 valence electrons. The van der Waals surface area contributed by atoms with Crippen molar-refractivity contribution in [1.82, 2.24) is 10.3 Å². The van der Waals surface area contributed by atoms with Crippen LogP contribution >= 0.6 is 0 Å². The van der Waals surface area contributed by atoms with Gasteiger partial charge in [-0.15, -0.1) is 0 Å². The van der Waals surface area contributed by atoms with Gasteiger partial charge in [-0.3, -0.25) is 4.79 Å². The molecule has 1 amide bonds. The fourth-order valence-corrected chi connectivity index (χ4v) is 1.86. The third-order valence-corrected chi connectivity index (χ3v) is 3.05. The van der Waals surface area contributed by atoms with Crippen LogP contribution < -0.4 is 14.8 Å². The maximum atomic E-state index is 12.2. The SMILES string of the molecule is N#Cc1ccc(OCC(=O)NCc2cccnc2OCC(F)(F)F)cc1. The van der Waals surface area contributed by atoms with E-state index < -0.39 is 18.7 Å². The highest BCUT2D eigenvalue weighted by molar-refractivity contribution is 5.77. The maximum Gasteiger partial charge on any atom is 0.422 e. The van der Waals surface area contributed by atoms with E-state index in [2.05, 4.69) is 15.0 Å². The number of hydrogen-bond donors (Lipinski definition) is 1. The van der Waals surface area contributed by atoms with Crippen LogP contribution in [0.25, 0.3) is 0 Å². The second-order valence-corrected chi connectivity index (χ2v) is 5.07. The molecular weight excluding hydrogens is 351 g/mol. The Bertz CT molecular complexity index is 786. The van der Waals surface area contributed by atoms with Gasteiger partial charge in [-0.1, -0.05) is 6.07 Å². The second kappa shape index (κ2) is 8.71. The minimum atomic E-state index is -4.48. The Balaban J connectivity index is 1.84. The lowest BCUT2D eigenvalue weighted by atomic mass is 10.2. The number of alkyl halides is 3. The monoisotopic (exact) mass is 365 g/mol. The van der Waals surface area contributed by atoms with Crippen molar-refractivity contribution < 1.29 is 27.4 Å². The number of rotatable bonds is 7. The average molecular weight is 365 g/mol. The van der Waals surface area contributed by atoms with Gasteiger partial charge < -0.3 is 14.8 Å². The molecule has 1 N–H and O–H groups in total. The van der Waals surface area contributed by atoms with Gasteiger partial charge >= 0.3 is 6.18 Å². The van der Waals surface area contributed by atoms with Gasteiger partial charge in [0.25, 0.3) is 5.91 Å². The highest BCUT2D eigenvalue weighted by Crippen LogP contribution is 2.19. The van der Waals surface area contributed by atoms with Crippen LogP contribution in [-0.2, 0) is 11.3 Å². The Labute approximate surface area is 147 Å². The van der Waals surface area contributed by atoms with E-state index in [9.17, 15) is 18.0 Å². The molecule has 0 unspecified atom stereocenters. The van der Waals surface area contributed by atoms with Gasteiger partial charge in [0.05, 0.1) is 11.6 Å². The molecule has 2 aromatic rings. The van der Waals surface area contributed by atoms with E-state index in [0.717, 1.165) is 0 Å². The number of nitriles is 1. The molecule has 2 rings (SSSR count). The van der Waals surface area contributed by atoms with Crippen molar-refractivity contribution in [3.63, 3.8) is 0 Å². The maximum absolute atomic E-state index is 12.2. The molecule has 1 heterocycles. The molecule has 0 atom stereocenters. The van der Waals surface area contributed by atoms with Crippen molar-refractivity contribution in [1.29, 1.82) is 5.26 Å². The van der Waals surface area contributed by atoms with Gasteiger partial charge in [0.1, 0.15) is 5.75 Å². The number of amides is 1.